The van der Waals surface area contributed by atoms with Crippen LogP contribution in [0.3, 0.4) is 0 Å². The number of rotatable bonds is 3. The zero-order valence-corrected chi connectivity index (χ0v) is 12.2. The van der Waals surface area contributed by atoms with Crippen molar-refractivity contribution in [2.45, 2.75) is 39.8 Å². The third-order valence-corrected chi connectivity index (χ3v) is 4.36. The Morgan fingerprint density at radius 2 is 2.10 bits per heavy atom. The third kappa shape index (κ3) is 2.77. The minimum Gasteiger partial charge on any atom is -0.391 e. The lowest BCUT2D eigenvalue weighted by Crippen LogP contribution is -2.45. The first-order chi connectivity index (χ1) is 9.43. The molecule has 1 N–H and O–H groups in total. The molecule has 1 heterocycles. The standard InChI is InChI=1S/C15H22N2O3/c1-10-6-11(2)12(3)16(8-10)14-4-5-15(17(19)20)13(7-14)9-18/h4-5,7,10-12,18H,6,8-9H2,1-3H3. The van der Waals surface area contributed by atoms with Crippen LogP contribution >= 0.6 is 0 Å². The number of piperidine rings is 1. The largest absolute Gasteiger partial charge is 0.391 e. The van der Waals surface area contributed by atoms with Crippen LogP contribution in [0, 0.1) is 22.0 Å². The SMILES string of the molecule is CC1CC(C)C(C)N(c2ccc([N+](=O)[O-])c(CO)c2)C1. The summed E-state index contributed by atoms with van der Waals surface area (Å²) in [6, 6.07) is 5.44. The zero-order valence-electron chi connectivity index (χ0n) is 12.2. The number of benzene rings is 1. The Hall–Kier alpha value is -1.62. The first-order valence-corrected chi connectivity index (χ1v) is 7.08. The molecule has 0 amide bonds. The van der Waals surface area contributed by atoms with Gasteiger partial charge in [0.05, 0.1) is 17.1 Å². The van der Waals surface area contributed by atoms with E-state index in [1.165, 1.54) is 12.5 Å². The lowest BCUT2D eigenvalue weighted by molar-refractivity contribution is -0.385. The summed E-state index contributed by atoms with van der Waals surface area (Å²) in [7, 11) is 0. The number of nitro groups is 1. The molecule has 0 saturated carbocycles. The van der Waals surface area contributed by atoms with E-state index >= 15 is 0 Å². The van der Waals surface area contributed by atoms with Gasteiger partial charge in [0, 0.05) is 24.3 Å². The second kappa shape index (κ2) is 5.79. The molecular formula is C15H22N2O3. The highest BCUT2D eigenvalue weighted by Gasteiger charge is 2.29. The van der Waals surface area contributed by atoms with Gasteiger partial charge in [-0.25, -0.2) is 0 Å². The van der Waals surface area contributed by atoms with Gasteiger partial charge in [0.2, 0.25) is 0 Å². The van der Waals surface area contributed by atoms with Crippen LogP contribution in [0.1, 0.15) is 32.8 Å². The Balaban J connectivity index is 2.34. The molecule has 1 saturated heterocycles. The lowest BCUT2D eigenvalue weighted by Gasteiger charge is -2.42. The quantitative estimate of drug-likeness (QED) is 0.682. The third-order valence-electron chi connectivity index (χ3n) is 4.36. The minimum atomic E-state index is -0.444. The van der Waals surface area contributed by atoms with Gasteiger partial charge in [0.15, 0.2) is 0 Å². The van der Waals surface area contributed by atoms with Gasteiger partial charge in [0.25, 0.3) is 5.69 Å². The molecular weight excluding hydrogens is 256 g/mol. The summed E-state index contributed by atoms with van der Waals surface area (Å²) >= 11 is 0. The van der Waals surface area contributed by atoms with E-state index in [-0.39, 0.29) is 12.3 Å². The van der Waals surface area contributed by atoms with Crippen LogP contribution in [0.4, 0.5) is 11.4 Å². The van der Waals surface area contributed by atoms with Crippen LogP contribution in [0.2, 0.25) is 0 Å². The monoisotopic (exact) mass is 278 g/mol. The van der Waals surface area contributed by atoms with Crippen LogP contribution in [-0.4, -0.2) is 22.6 Å². The van der Waals surface area contributed by atoms with Crippen molar-refractivity contribution in [2.75, 3.05) is 11.4 Å². The van der Waals surface area contributed by atoms with Gasteiger partial charge in [0.1, 0.15) is 0 Å². The summed E-state index contributed by atoms with van der Waals surface area (Å²) in [5.74, 6) is 1.19. The topological polar surface area (TPSA) is 66.6 Å². The number of hydrogen-bond acceptors (Lipinski definition) is 4. The molecule has 3 unspecified atom stereocenters. The zero-order chi connectivity index (χ0) is 14.9. The van der Waals surface area contributed by atoms with Crippen molar-refractivity contribution in [3.8, 4) is 0 Å². The second-order valence-corrected chi connectivity index (χ2v) is 5.94. The van der Waals surface area contributed by atoms with Gasteiger partial charge in [-0.2, -0.15) is 0 Å². The summed E-state index contributed by atoms with van der Waals surface area (Å²) in [6.45, 7) is 7.31. The van der Waals surface area contributed by atoms with E-state index in [1.54, 1.807) is 12.1 Å². The van der Waals surface area contributed by atoms with E-state index in [4.69, 9.17) is 0 Å². The van der Waals surface area contributed by atoms with Crippen molar-refractivity contribution in [3.05, 3.63) is 33.9 Å². The Morgan fingerprint density at radius 1 is 1.40 bits per heavy atom. The van der Waals surface area contributed by atoms with Crippen molar-refractivity contribution in [2.24, 2.45) is 11.8 Å². The molecule has 5 heteroatoms. The van der Waals surface area contributed by atoms with E-state index < -0.39 is 4.92 Å². The van der Waals surface area contributed by atoms with E-state index in [0.717, 1.165) is 12.2 Å². The Labute approximate surface area is 119 Å². The number of aliphatic hydroxyl groups excluding tert-OH is 1. The number of nitro benzene ring substituents is 1. The Kier molecular flexibility index (Phi) is 4.28. The predicted molar refractivity (Wildman–Crippen MR) is 78.8 cm³/mol. The molecule has 0 spiro atoms. The molecule has 110 valence electrons. The number of aliphatic hydroxyl groups is 1. The van der Waals surface area contributed by atoms with Crippen LogP contribution in [0.15, 0.2) is 18.2 Å². The van der Waals surface area contributed by atoms with Gasteiger partial charge in [-0.15, -0.1) is 0 Å². The molecule has 0 radical (unpaired) electrons. The Morgan fingerprint density at radius 3 is 2.70 bits per heavy atom. The fourth-order valence-electron chi connectivity index (χ4n) is 3.11. The van der Waals surface area contributed by atoms with Crippen molar-refractivity contribution < 1.29 is 10.0 Å². The highest BCUT2D eigenvalue weighted by atomic mass is 16.6. The molecule has 0 bridgehead atoms. The molecule has 1 aliphatic heterocycles. The van der Waals surface area contributed by atoms with E-state index in [9.17, 15) is 15.2 Å². The normalized spacial score (nSPS) is 26.6. The summed E-state index contributed by atoms with van der Waals surface area (Å²) in [5.41, 5.74) is 1.33. The van der Waals surface area contributed by atoms with Crippen molar-refractivity contribution >= 4 is 11.4 Å². The highest BCUT2D eigenvalue weighted by Crippen LogP contribution is 2.33. The van der Waals surface area contributed by atoms with Gasteiger partial charge in [-0.3, -0.25) is 10.1 Å². The molecule has 0 aliphatic carbocycles. The van der Waals surface area contributed by atoms with E-state index in [0.29, 0.717) is 23.4 Å². The fraction of sp³-hybridized carbons (Fsp3) is 0.600. The first kappa shape index (κ1) is 14.8. The Bertz CT molecular complexity index is 504. The van der Waals surface area contributed by atoms with Gasteiger partial charge >= 0.3 is 0 Å². The van der Waals surface area contributed by atoms with Crippen molar-refractivity contribution in [1.29, 1.82) is 0 Å². The van der Waals surface area contributed by atoms with E-state index in [2.05, 4.69) is 25.7 Å². The average molecular weight is 278 g/mol. The molecule has 2 rings (SSSR count). The van der Waals surface area contributed by atoms with Gasteiger partial charge in [-0.1, -0.05) is 13.8 Å². The molecule has 0 aromatic heterocycles. The smallest absolute Gasteiger partial charge is 0.275 e. The van der Waals surface area contributed by atoms with Crippen molar-refractivity contribution in [3.63, 3.8) is 0 Å². The van der Waals surface area contributed by atoms with E-state index in [1.807, 2.05) is 0 Å². The molecule has 1 aromatic carbocycles. The maximum atomic E-state index is 10.9. The maximum absolute atomic E-state index is 10.9. The number of nitrogens with zero attached hydrogens (tertiary/aromatic N) is 2. The van der Waals surface area contributed by atoms with Crippen molar-refractivity contribution in [1.82, 2.24) is 0 Å². The molecule has 1 aromatic rings. The molecule has 5 nitrogen and oxygen atoms in total. The molecule has 1 fully saturated rings. The minimum absolute atomic E-state index is 0.0120. The van der Waals surface area contributed by atoms with Crippen LogP contribution in [0.5, 0.6) is 0 Å². The highest BCUT2D eigenvalue weighted by molar-refractivity contribution is 5.56. The van der Waals surface area contributed by atoms with Gasteiger partial charge in [-0.05, 0) is 37.3 Å². The van der Waals surface area contributed by atoms with Crippen LogP contribution in [0.25, 0.3) is 0 Å². The number of hydrogen-bond donors (Lipinski definition) is 1. The molecule has 1 aliphatic rings. The number of anilines is 1. The summed E-state index contributed by atoms with van der Waals surface area (Å²) in [5, 5.41) is 20.3. The lowest BCUT2D eigenvalue weighted by atomic mass is 9.85. The van der Waals surface area contributed by atoms with Gasteiger partial charge < -0.3 is 10.0 Å². The average Bonchev–Trinajstić information content (AvgIpc) is 2.41. The first-order valence-electron chi connectivity index (χ1n) is 7.08. The molecule has 3 atom stereocenters. The molecule has 20 heavy (non-hydrogen) atoms. The maximum Gasteiger partial charge on any atom is 0.275 e. The predicted octanol–water partition coefficient (Wildman–Crippen LogP) is 2.96. The summed E-state index contributed by atoms with van der Waals surface area (Å²) in [4.78, 5) is 12.8. The second-order valence-electron chi connectivity index (χ2n) is 5.94. The summed E-state index contributed by atoms with van der Waals surface area (Å²) < 4.78 is 0. The fourth-order valence-corrected chi connectivity index (χ4v) is 3.11. The summed E-state index contributed by atoms with van der Waals surface area (Å²) in [6.07, 6.45) is 1.21. The van der Waals surface area contributed by atoms with Crippen LogP contribution < -0.4 is 4.90 Å². The van der Waals surface area contributed by atoms with Crippen LogP contribution in [-0.2, 0) is 6.61 Å².